The molecule has 1 aromatic carbocycles. The van der Waals surface area contributed by atoms with E-state index in [0.29, 0.717) is 52.8 Å². The Morgan fingerprint density at radius 1 is 1.07 bits per heavy atom. The third kappa shape index (κ3) is 5.83. The lowest BCUT2D eigenvalue weighted by Crippen LogP contribution is -2.39. The van der Waals surface area contributed by atoms with Gasteiger partial charge in [-0.1, -0.05) is 30.1 Å². The average Bonchev–Trinajstić information content (AvgIpc) is 3.64. The van der Waals surface area contributed by atoms with Crippen molar-refractivity contribution in [2.24, 2.45) is 17.6 Å². The predicted molar refractivity (Wildman–Crippen MR) is 149 cm³/mol. The number of hydrogen-bond acceptors (Lipinski definition) is 10. The molecule has 3 N–H and O–H groups in total. The Morgan fingerprint density at radius 2 is 1.93 bits per heavy atom. The number of aryl methyl sites for hydroxylation is 1. The Labute approximate surface area is 232 Å². The van der Waals surface area contributed by atoms with Crippen LogP contribution in [0.1, 0.15) is 61.2 Å². The number of primary amides is 1. The van der Waals surface area contributed by atoms with Crippen molar-refractivity contribution in [1.82, 2.24) is 25.1 Å². The van der Waals surface area contributed by atoms with Crippen LogP contribution in [-0.4, -0.2) is 50.1 Å². The van der Waals surface area contributed by atoms with Gasteiger partial charge in [-0.3, -0.25) is 4.79 Å². The molecule has 1 amide bonds. The van der Waals surface area contributed by atoms with Crippen LogP contribution in [0.15, 0.2) is 51.8 Å². The molecule has 6 rings (SSSR count). The number of piperidine rings is 1. The van der Waals surface area contributed by atoms with Crippen molar-refractivity contribution in [1.29, 1.82) is 0 Å². The van der Waals surface area contributed by atoms with Gasteiger partial charge in [0.25, 0.3) is 6.01 Å². The van der Waals surface area contributed by atoms with Gasteiger partial charge in [0.15, 0.2) is 5.76 Å². The second kappa shape index (κ2) is 11.4. The molecule has 1 aliphatic carbocycles. The van der Waals surface area contributed by atoms with E-state index < -0.39 is 5.91 Å². The lowest BCUT2D eigenvalue weighted by molar-refractivity contribution is 0.100. The third-order valence-corrected chi connectivity index (χ3v) is 8.04. The minimum atomic E-state index is -0.463. The molecule has 208 valence electrons. The third-order valence-electron chi connectivity index (χ3n) is 8.04. The number of anilines is 2. The lowest BCUT2D eigenvalue weighted by Gasteiger charge is -2.38. The first kappa shape index (κ1) is 26.0. The van der Waals surface area contributed by atoms with Crippen LogP contribution >= 0.6 is 0 Å². The van der Waals surface area contributed by atoms with Crippen LogP contribution in [0.5, 0.6) is 0 Å². The Bertz CT molecular complexity index is 1450. The summed E-state index contributed by atoms with van der Waals surface area (Å²) in [5, 5.41) is 7.50. The van der Waals surface area contributed by atoms with Gasteiger partial charge >= 0.3 is 0 Å². The van der Waals surface area contributed by atoms with Gasteiger partial charge in [0.1, 0.15) is 0 Å². The van der Waals surface area contributed by atoms with Crippen molar-refractivity contribution in [2.45, 2.75) is 57.9 Å². The summed E-state index contributed by atoms with van der Waals surface area (Å²) in [6.45, 7) is 3.75. The van der Waals surface area contributed by atoms with E-state index in [0.717, 1.165) is 43.6 Å². The van der Waals surface area contributed by atoms with Crippen molar-refractivity contribution in [2.75, 3.05) is 23.3 Å². The maximum atomic E-state index is 11.6. The number of aromatic nitrogens is 5. The van der Waals surface area contributed by atoms with Crippen molar-refractivity contribution >= 4 is 17.6 Å². The number of carbonyl (C=O) groups excluding carboxylic acids is 1. The fraction of sp³-hybridized carbons (Fsp3) is 0.448. The molecule has 40 heavy (non-hydrogen) atoms. The van der Waals surface area contributed by atoms with Crippen LogP contribution in [0.2, 0.25) is 0 Å². The summed E-state index contributed by atoms with van der Waals surface area (Å²) < 4.78 is 11.1. The van der Waals surface area contributed by atoms with Crippen molar-refractivity contribution in [3.63, 3.8) is 0 Å². The molecule has 0 spiro atoms. The van der Waals surface area contributed by atoms with E-state index in [2.05, 4.69) is 35.3 Å². The second-order valence-electron chi connectivity index (χ2n) is 10.9. The minimum Gasteiger partial charge on any atom is -0.424 e. The number of carbonyl (C=O) groups is 1. The summed E-state index contributed by atoms with van der Waals surface area (Å²) in [5.74, 6) is 2.67. The Hall–Kier alpha value is -4.28. The summed E-state index contributed by atoms with van der Waals surface area (Å²) in [4.78, 5) is 31.6. The molecule has 1 saturated carbocycles. The summed E-state index contributed by atoms with van der Waals surface area (Å²) in [7, 11) is 0. The first-order chi connectivity index (χ1) is 19.5. The minimum absolute atomic E-state index is 0.314. The summed E-state index contributed by atoms with van der Waals surface area (Å²) in [6.07, 6.45) is 13.7. The molecule has 0 radical (unpaired) electrons. The van der Waals surface area contributed by atoms with Gasteiger partial charge in [-0.05, 0) is 56.1 Å². The normalized spacial score (nSPS) is 21.3. The molecule has 0 unspecified atom stereocenters. The Morgan fingerprint density at radius 3 is 2.73 bits per heavy atom. The van der Waals surface area contributed by atoms with E-state index in [9.17, 15) is 4.79 Å². The zero-order valence-electron chi connectivity index (χ0n) is 22.6. The van der Waals surface area contributed by atoms with Crippen molar-refractivity contribution in [3.05, 3.63) is 54.3 Å². The van der Waals surface area contributed by atoms with Gasteiger partial charge in [-0.2, -0.15) is 4.98 Å². The average molecular weight is 543 g/mol. The van der Waals surface area contributed by atoms with Crippen LogP contribution in [0.4, 0.5) is 11.7 Å². The number of oxazole rings is 1. The molecular formula is C29H34N8O3. The van der Waals surface area contributed by atoms with Gasteiger partial charge in [0.2, 0.25) is 23.4 Å². The maximum Gasteiger partial charge on any atom is 0.295 e. The molecule has 1 aliphatic heterocycles. The number of nitrogens with one attached hydrogen (secondary N) is 1. The van der Waals surface area contributed by atoms with Crippen molar-refractivity contribution < 1.29 is 13.7 Å². The molecule has 11 heteroatoms. The smallest absolute Gasteiger partial charge is 0.295 e. The Balaban J connectivity index is 1.08. The number of amides is 1. The zero-order valence-corrected chi connectivity index (χ0v) is 22.6. The van der Waals surface area contributed by atoms with Gasteiger partial charge in [-0.25, -0.2) is 15.0 Å². The predicted octanol–water partition coefficient (Wildman–Crippen LogP) is 4.87. The van der Waals surface area contributed by atoms with Crippen molar-refractivity contribution in [3.8, 4) is 23.0 Å². The molecular weight excluding hydrogens is 508 g/mol. The highest BCUT2D eigenvalue weighted by molar-refractivity contribution is 5.93. The quantitative estimate of drug-likeness (QED) is 0.316. The van der Waals surface area contributed by atoms with Gasteiger partial charge in [0.05, 0.1) is 24.3 Å². The summed E-state index contributed by atoms with van der Waals surface area (Å²) in [5.41, 5.74) is 7.69. The maximum absolute atomic E-state index is 11.6. The number of nitrogens with two attached hydrogens (primary N) is 1. The summed E-state index contributed by atoms with van der Waals surface area (Å²) >= 11 is 0. The van der Waals surface area contributed by atoms with Crippen LogP contribution in [0.25, 0.3) is 23.0 Å². The topological polar surface area (TPSA) is 149 Å². The van der Waals surface area contributed by atoms with Crippen LogP contribution < -0.4 is 16.0 Å². The van der Waals surface area contributed by atoms with Gasteiger partial charge in [-0.15, -0.1) is 0 Å². The van der Waals surface area contributed by atoms with E-state index in [1.807, 2.05) is 18.5 Å². The standard InChI is InChI=1S/C29H34N8O3/c1-18-34-28(36-40-18)27-31-14-23(15-32-27)37-11-5-6-19(17-37)12-20-7-2-3-10-24(20)35-29-33-16-25(39-29)21-8-4-9-22(13-21)26(30)38/h4,8-9,13-16,19-20,24H,2-3,5-7,10-12,17H2,1H3,(H2,30,38)(H,33,35)/t19-,20+,24-/m1/s1. The fourth-order valence-corrected chi connectivity index (χ4v) is 6.05. The van der Waals surface area contributed by atoms with Crippen LogP contribution in [0, 0.1) is 18.8 Å². The molecule has 2 aliphatic rings. The van der Waals surface area contributed by atoms with Crippen LogP contribution in [-0.2, 0) is 0 Å². The highest BCUT2D eigenvalue weighted by atomic mass is 16.5. The first-order valence-corrected chi connectivity index (χ1v) is 14.0. The molecule has 0 bridgehead atoms. The number of nitrogens with zero attached hydrogens (tertiary/aromatic N) is 6. The fourth-order valence-electron chi connectivity index (χ4n) is 6.05. The highest BCUT2D eigenvalue weighted by Gasteiger charge is 2.31. The molecule has 3 aromatic heterocycles. The van der Waals surface area contributed by atoms with E-state index in [1.54, 1.807) is 31.3 Å². The zero-order chi connectivity index (χ0) is 27.5. The second-order valence-corrected chi connectivity index (χ2v) is 10.9. The monoisotopic (exact) mass is 542 g/mol. The van der Waals surface area contributed by atoms with E-state index in [-0.39, 0.29) is 0 Å². The highest BCUT2D eigenvalue weighted by Crippen LogP contribution is 2.35. The molecule has 3 atom stereocenters. The first-order valence-electron chi connectivity index (χ1n) is 14.0. The number of rotatable bonds is 8. The summed E-state index contributed by atoms with van der Waals surface area (Å²) in [6, 6.07) is 7.95. The van der Waals surface area contributed by atoms with E-state index >= 15 is 0 Å². The molecule has 4 aromatic rings. The van der Waals surface area contributed by atoms with Gasteiger partial charge < -0.3 is 24.9 Å². The Kier molecular flexibility index (Phi) is 7.43. The lowest BCUT2D eigenvalue weighted by atomic mass is 9.77. The molecule has 2 fully saturated rings. The molecule has 11 nitrogen and oxygen atoms in total. The van der Waals surface area contributed by atoms with E-state index in [1.165, 1.54) is 25.7 Å². The van der Waals surface area contributed by atoms with Gasteiger partial charge in [0, 0.05) is 37.2 Å². The SMILES string of the molecule is Cc1nc(-c2ncc(N3CCC[C@H](C[C@@H]4CCCC[C@H]4Nc4ncc(-c5cccc(C(N)=O)c5)o4)C3)cn2)no1. The van der Waals surface area contributed by atoms with Crippen LogP contribution in [0.3, 0.4) is 0 Å². The number of benzene rings is 1. The molecule has 1 saturated heterocycles. The molecule has 4 heterocycles. The largest absolute Gasteiger partial charge is 0.424 e. The van der Waals surface area contributed by atoms with E-state index in [4.69, 9.17) is 14.7 Å². The number of hydrogen-bond donors (Lipinski definition) is 2.